The molecule has 0 aliphatic carbocycles. The second-order valence-electron chi connectivity index (χ2n) is 1.69. The molecule has 0 aromatic rings. The Morgan fingerprint density at radius 2 is 1.36 bits per heavy atom. The summed E-state index contributed by atoms with van der Waals surface area (Å²) in [5.74, 6) is -2.26. The molecule has 0 nitrogen and oxygen atoms in total. The van der Waals surface area contributed by atoms with E-state index in [9.17, 15) is 35.1 Å². The molecule has 0 aliphatic rings. The molecule has 0 saturated carbocycles. The maximum Gasteiger partial charge on any atom is 0.442 e. The fourth-order valence-corrected chi connectivity index (χ4v) is 0.0952. The summed E-state index contributed by atoms with van der Waals surface area (Å²) < 4.78 is 85.8. The predicted molar refractivity (Wildman–Crippen MR) is 32.6 cm³/mol. The maximum absolute atomic E-state index is 10.9. The average molecular weight is 228 g/mol. The molecule has 14 heavy (non-hydrogen) atoms. The van der Waals surface area contributed by atoms with E-state index in [-0.39, 0.29) is 0 Å². The van der Waals surface area contributed by atoms with Gasteiger partial charge in [-0.25, -0.2) is 13.2 Å². The average Bonchev–Trinajstić information content (AvgIpc) is 1.81. The summed E-state index contributed by atoms with van der Waals surface area (Å²) in [6.45, 7) is 2.03. The summed E-state index contributed by atoms with van der Waals surface area (Å²) in [4.78, 5) is 0. The van der Waals surface area contributed by atoms with E-state index in [0.717, 1.165) is 0 Å². The molecule has 0 aromatic carbocycles. The van der Waals surface area contributed by atoms with E-state index in [1.807, 2.05) is 6.58 Å². The van der Waals surface area contributed by atoms with Crippen molar-refractivity contribution in [3.8, 4) is 0 Å². The highest BCUT2D eigenvalue weighted by Gasteiger charge is 2.32. The van der Waals surface area contributed by atoms with Crippen molar-refractivity contribution in [2.45, 2.75) is 12.6 Å². The normalized spacial score (nSPS) is 10.4. The van der Waals surface area contributed by atoms with Crippen LogP contribution in [-0.4, -0.2) is 12.6 Å². The van der Waals surface area contributed by atoms with Gasteiger partial charge >= 0.3 is 6.18 Å². The van der Waals surface area contributed by atoms with Crippen molar-refractivity contribution in [3.63, 3.8) is 0 Å². The zero-order valence-electron chi connectivity index (χ0n) is 6.39. The van der Waals surface area contributed by atoms with Gasteiger partial charge < -0.3 is 0 Å². The quantitative estimate of drug-likeness (QED) is 0.593. The van der Waals surface area contributed by atoms with E-state index in [1.54, 1.807) is 0 Å². The van der Waals surface area contributed by atoms with Gasteiger partial charge in [0.15, 0.2) is 5.83 Å². The highest BCUT2D eigenvalue weighted by molar-refractivity contribution is 4.88. The largest absolute Gasteiger partial charge is 0.442 e. The van der Waals surface area contributed by atoms with Gasteiger partial charge in [-0.3, -0.25) is 0 Å². The minimum atomic E-state index is -4.86. The maximum atomic E-state index is 10.9. The third kappa shape index (κ3) is 13.5. The van der Waals surface area contributed by atoms with Gasteiger partial charge in [0, 0.05) is 6.08 Å². The van der Waals surface area contributed by atoms with Gasteiger partial charge in [-0.15, -0.1) is 0 Å². The van der Waals surface area contributed by atoms with E-state index >= 15 is 0 Å². The van der Waals surface area contributed by atoms with Crippen molar-refractivity contribution in [3.05, 3.63) is 24.6 Å². The third-order valence-electron chi connectivity index (χ3n) is 0.560. The minimum absolute atomic E-state index is 0.417. The highest BCUT2D eigenvalue weighted by atomic mass is 19.4. The van der Waals surface area contributed by atoms with Gasteiger partial charge in [-0.1, -0.05) is 6.58 Å². The standard InChI is InChI=1S/2C3H2F4/c1-2(4)3(5,6)7;4-2(5)1-3(6)7/h1H2;1-2H. The summed E-state index contributed by atoms with van der Waals surface area (Å²) in [6.07, 6.45) is -10.7. The lowest BCUT2D eigenvalue weighted by molar-refractivity contribution is -0.108. The molecule has 0 saturated heterocycles. The molecule has 0 fully saturated rings. The van der Waals surface area contributed by atoms with Gasteiger partial charge in [-0.2, -0.15) is 22.0 Å². The SMILES string of the molecule is C=C(F)C(F)(F)F.FC(F)=CC(F)F. The van der Waals surface area contributed by atoms with Crippen LogP contribution in [0.5, 0.6) is 0 Å². The van der Waals surface area contributed by atoms with Crippen LogP contribution in [0.4, 0.5) is 35.1 Å². The fourth-order valence-electron chi connectivity index (χ4n) is 0.0952. The van der Waals surface area contributed by atoms with Crippen molar-refractivity contribution >= 4 is 0 Å². The molecule has 84 valence electrons. The van der Waals surface area contributed by atoms with Crippen LogP contribution in [0.15, 0.2) is 24.6 Å². The first-order valence-electron chi connectivity index (χ1n) is 2.80. The molecule has 0 radical (unpaired) electrons. The molecule has 0 spiro atoms. The third-order valence-corrected chi connectivity index (χ3v) is 0.560. The van der Waals surface area contributed by atoms with E-state index < -0.39 is 30.6 Å². The van der Waals surface area contributed by atoms with E-state index in [2.05, 4.69) is 0 Å². The lowest BCUT2D eigenvalue weighted by Crippen LogP contribution is -2.05. The van der Waals surface area contributed by atoms with Crippen molar-refractivity contribution in [1.29, 1.82) is 0 Å². The van der Waals surface area contributed by atoms with Crippen molar-refractivity contribution in [2.24, 2.45) is 0 Å². The summed E-state index contributed by atoms with van der Waals surface area (Å²) in [6, 6.07) is 0. The Hall–Kier alpha value is -1.08. The number of rotatable bonds is 1. The first-order chi connectivity index (χ1) is 6.07. The number of hydrogen-bond donors (Lipinski definition) is 0. The van der Waals surface area contributed by atoms with Crippen LogP contribution >= 0.6 is 0 Å². The molecule has 0 heterocycles. The van der Waals surface area contributed by atoms with E-state index in [4.69, 9.17) is 0 Å². The van der Waals surface area contributed by atoms with Crippen LogP contribution in [0.25, 0.3) is 0 Å². The first kappa shape index (κ1) is 15.4. The van der Waals surface area contributed by atoms with Gasteiger partial charge in [0.05, 0.1) is 0 Å². The topological polar surface area (TPSA) is 0 Å². The Balaban J connectivity index is 0. The van der Waals surface area contributed by atoms with E-state index in [0.29, 0.717) is 0 Å². The van der Waals surface area contributed by atoms with Gasteiger partial charge in [0.25, 0.3) is 12.5 Å². The number of hydrogen-bond acceptors (Lipinski definition) is 0. The molecule has 8 heteroatoms. The van der Waals surface area contributed by atoms with Gasteiger partial charge in [0.1, 0.15) is 0 Å². The Kier molecular flexibility index (Phi) is 7.02. The van der Waals surface area contributed by atoms with Gasteiger partial charge in [-0.05, 0) is 0 Å². The predicted octanol–water partition coefficient (Wildman–Crippen LogP) is 4.06. The van der Waals surface area contributed by atoms with Crippen LogP contribution in [-0.2, 0) is 0 Å². The minimum Gasteiger partial charge on any atom is -0.205 e. The van der Waals surface area contributed by atoms with Crippen LogP contribution in [0.2, 0.25) is 0 Å². The molecule has 0 aliphatic heterocycles. The van der Waals surface area contributed by atoms with Crippen LogP contribution in [0.3, 0.4) is 0 Å². The zero-order chi connectivity index (χ0) is 11.9. The molecule has 0 atom stereocenters. The van der Waals surface area contributed by atoms with Crippen LogP contribution < -0.4 is 0 Å². The van der Waals surface area contributed by atoms with Crippen LogP contribution in [0, 0.1) is 0 Å². The first-order valence-corrected chi connectivity index (χ1v) is 2.80. The molecular weight excluding hydrogens is 224 g/mol. The molecule has 0 unspecified atom stereocenters. The van der Waals surface area contributed by atoms with E-state index in [1.165, 1.54) is 0 Å². The lowest BCUT2D eigenvalue weighted by Gasteiger charge is -1.97. The van der Waals surface area contributed by atoms with Crippen molar-refractivity contribution in [2.75, 3.05) is 0 Å². The highest BCUT2D eigenvalue weighted by Crippen LogP contribution is 2.23. The molecule has 0 aromatic heterocycles. The molecule has 0 bridgehead atoms. The second-order valence-corrected chi connectivity index (χ2v) is 1.69. The Morgan fingerprint density at radius 1 is 1.07 bits per heavy atom. The Morgan fingerprint density at radius 3 is 1.36 bits per heavy atom. The fraction of sp³-hybridized carbons (Fsp3) is 0.333. The number of allylic oxidation sites excluding steroid dienone is 2. The van der Waals surface area contributed by atoms with Crippen LogP contribution in [0.1, 0.15) is 0 Å². The number of halogens is 8. The van der Waals surface area contributed by atoms with Gasteiger partial charge in [0.2, 0.25) is 0 Å². The lowest BCUT2D eigenvalue weighted by atomic mass is 10.6. The molecule has 0 amide bonds. The van der Waals surface area contributed by atoms with Crippen molar-refractivity contribution in [1.82, 2.24) is 0 Å². The monoisotopic (exact) mass is 228 g/mol. The zero-order valence-corrected chi connectivity index (χ0v) is 6.39. The smallest absolute Gasteiger partial charge is 0.205 e. The molecular formula is C6H4F8. The van der Waals surface area contributed by atoms with Crippen molar-refractivity contribution < 1.29 is 35.1 Å². The Bertz CT molecular complexity index is 196. The summed E-state index contributed by atoms with van der Waals surface area (Å²) in [7, 11) is 0. The summed E-state index contributed by atoms with van der Waals surface area (Å²) in [5, 5.41) is 0. The molecule has 0 rings (SSSR count). The summed E-state index contributed by atoms with van der Waals surface area (Å²) in [5.41, 5.74) is 0. The number of alkyl halides is 5. The summed E-state index contributed by atoms with van der Waals surface area (Å²) >= 11 is 0. The molecule has 0 N–H and O–H groups in total. The second kappa shape index (κ2) is 6.39. The Labute approximate surface area is 73.5 Å².